The first-order chi connectivity index (χ1) is 13.0. The molecule has 1 fully saturated rings. The molecule has 0 spiro atoms. The second-order valence-electron chi connectivity index (χ2n) is 7.62. The van der Waals surface area contributed by atoms with Crippen LogP contribution < -0.4 is 5.32 Å². The van der Waals surface area contributed by atoms with E-state index in [2.05, 4.69) is 5.32 Å². The summed E-state index contributed by atoms with van der Waals surface area (Å²) in [6, 6.07) is 0. The van der Waals surface area contributed by atoms with Gasteiger partial charge in [-0.05, 0) is 0 Å². The van der Waals surface area contributed by atoms with Gasteiger partial charge < -0.3 is 24.0 Å². The molecule has 2 heterocycles. The van der Waals surface area contributed by atoms with Gasteiger partial charge in [0.1, 0.15) is 18.3 Å². The average Bonchev–Trinajstić information content (AvgIpc) is 3.20. The summed E-state index contributed by atoms with van der Waals surface area (Å²) < 4.78 is 46.7. The minimum absolute atomic E-state index is 0.112. The summed E-state index contributed by atoms with van der Waals surface area (Å²) in [7, 11) is 1.08. The van der Waals surface area contributed by atoms with Crippen LogP contribution in [0.5, 0.6) is 0 Å². The first-order valence-electron chi connectivity index (χ1n) is 9.08. The minimum atomic E-state index is -4.03. The van der Waals surface area contributed by atoms with E-state index in [0.29, 0.717) is 17.6 Å². The van der Waals surface area contributed by atoms with Gasteiger partial charge in [-0.25, -0.2) is 0 Å². The van der Waals surface area contributed by atoms with Crippen molar-refractivity contribution in [2.75, 3.05) is 59.8 Å². The molecule has 2 aliphatic rings. The fraction of sp³-hybridized carbons (Fsp3) is 0.765. The molecule has 0 aliphatic carbocycles. The Balaban J connectivity index is 1.88. The van der Waals surface area contributed by atoms with E-state index >= 15 is 0 Å². The van der Waals surface area contributed by atoms with Crippen LogP contribution >= 0.6 is 0 Å². The summed E-state index contributed by atoms with van der Waals surface area (Å²) in [5.74, 6) is -2.51. The summed E-state index contributed by atoms with van der Waals surface area (Å²) in [6.07, 6.45) is 2.61. The number of carbonyl (C=O) groups excluding carboxylic acids is 2. The highest BCUT2D eigenvalue weighted by Crippen LogP contribution is 2.39. The summed E-state index contributed by atoms with van der Waals surface area (Å²) in [6.45, 7) is 1.35. The molecule has 4 atom stereocenters. The molecule has 11 heteroatoms. The van der Waals surface area contributed by atoms with Gasteiger partial charge in [0.2, 0.25) is 5.91 Å². The molecule has 2 N–H and O–H groups in total. The van der Waals surface area contributed by atoms with Crippen molar-refractivity contribution in [2.45, 2.75) is 12.2 Å². The molecular formula is C17H29N2O8S+. The van der Waals surface area contributed by atoms with Crippen LogP contribution in [0.3, 0.4) is 0 Å². The molecule has 0 aromatic carbocycles. The van der Waals surface area contributed by atoms with Gasteiger partial charge in [0.15, 0.2) is 0 Å². The van der Waals surface area contributed by atoms with Crippen molar-refractivity contribution in [1.29, 1.82) is 0 Å². The second kappa shape index (κ2) is 9.31. The van der Waals surface area contributed by atoms with Crippen LogP contribution in [0.1, 0.15) is 0 Å². The summed E-state index contributed by atoms with van der Waals surface area (Å²) in [5, 5.41) is 2.80. The number of nitrogens with one attached hydrogen (secondary N) is 1. The van der Waals surface area contributed by atoms with Crippen molar-refractivity contribution in [3.8, 4) is 0 Å². The lowest BCUT2D eigenvalue weighted by Gasteiger charge is -2.30. The normalized spacial score (nSPS) is 26.4. The van der Waals surface area contributed by atoms with Crippen LogP contribution in [0.15, 0.2) is 12.2 Å². The molecule has 2 bridgehead atoms. The Morgan fingerprint density at radius 1 is 1.14 bits per heavy atom. The number of hydrogen-bond acceptors (Lipinski definition) is 7. The van der Waals surface area contributed by atoms with Crippen LogP contribution in [0, 0.1) is 11.8 Å². The van der Waals surface area contributed by atoms with Gasteiger partial charge in [0.05, 0.1) is 58.5 Å². The highest BCUT2D eigenvalue weighted by molar-refractivity contribution is 7.85. The van der Waals surface area contributed by atoms with Crippen molar-refractivity contribution in [2.24, 2.45) is 11.8 Å². The number of likely N-dealkylation sites (N-methyl/N-ethyl adjacent to an activating group) is 1. The molecule has 10 nitrogen and oxygen atoms in total. The van der Waals surface area contributed by atoms with E-state index in [4.69, 9.17) is 18.8 Å². The Labute approximate surface area is 165 Å². The summed E-state index contributed by atoms with van der Waals surface area (Å²) in [4.78, 5) is 25.1. The molecule has 2 unspecified atom stereocenters. The Morgan fingerprint density at radius 2 is 1.79 bits per heavy atom. The zero-order valence-electron chi connectivity index (χ0n) is 16.4. The summed E-state index contributed by atoms with van der Waals surface area (Å²) in [5.41, 5.74) is 0. The average molecular weight is 421 g/mol. The highest BCUT2D eigenvalue weighted by atomic mass is 32.2. The van der Waals surface area contributed by atoms with E-state index in [1.165, 1.54) is 7.11 Å². The van der Waals surface area contributed by atoms with Gasteiger partial charge in [-0.1, -0.05) is 12.2 Å². The van der Waals surface area contributed by atoms with Gasteiger partial charge in [-0.15, -0.1) is 0 Å². The maximum Gasteiger partial charge on any atom is 0.312 e. The number of amides is 1. The lowest BCUT2D eigenvalue weighted by molar-refractivity contribution is -0.886. The van der Waals surface area contributed by atoms with Crippen molar-refractivity contribution in [3.63, 3.8) is 0 Å². The monoisotopic (exact) mass is 421 g/mol. The van der Waals surface area contributed by atoms with Crippen LogP contribution in [-0.4, -0.2) is 101 Å². The second-order valence-corrected chi connectivity index (χ2v) is 9.19. The van der Waals surface area contributed by atoms with Gasteiger partial charge in [-0.3, -0.25) is 14.1 Å². The summed E-state index contributed by atoms with van der Waals surface area (Å²) >= 11 is 0. The number of quaternary nitrogens is 1. The molecule has 1 saturated heterocycles. The molecule has 2 rings (SSSR count). The van der Waals surface area contributed by atoms with Crippen LogP contribution in [0.25, 0.3) is 0 Å². The SMILES string of the molecule is COCCOC(=O)C1C(C(=O)NCC[N+](C)(C)CCS(=O)(=O)O)[C@H]2C=C[C@@H]1O2. The van der Waals surface area contributed by atoms with Crippen molar-refractivity contribution in [3.05, 3.63) is 12.2 Å². The Kier molecular flexibility index (Phi) is 7.57. The smallest absolute Gasteiger partial charge is 0.312 e. The van der Waals surface area contributed by atoms with E-state index < -0.39 is 40.1 Å². The highest BCUT2D eigenvalue weighted by Gasteiger charge is 2.53. The molecule has 28 heavy (non-hydrogen) atoms. The molecule has 0 aromatic rings. The third kappa shape index (κ3) is 6.24. The fourth-order valence-corrected chi connectivity index (χ4v) is 4.02. The zero-order chi connectivity index (χ0) is 20.9. The molecule has 0 saturated carbocycles. The van der Waals surface area contributed by atoms with Crippen molar-refractivity contribution >= 4 is 22.0 Å². The van der Waals surface area contributed by atoms with Crippen molar-refractivity contribution < 1.29 is 41.3 Å². The van der Waals surface area contributed by atoms with Gasteiger partial charge >= 0.3 is 5.97 Å². The predicted octanol–water partition coefficient (Wildman–Crippen LogP) is -1.17. The van der Waals surface area contributed by atoms with E-state index in [9.17, 15) is 18.0 Å². The topological polar surface area (TPSA) is 128 Å². The van der Waals surface area contributed by atoms with E-state index in [-0.39, 0.29) is 31.4 Å². The largest absolute Gasteiger partial charge is 0.463 e. The van der Waals surface area contributed by atoms with Crippen molar-refractivity contribution in [1.82, 2.24) is 5.32 Å². The number of rotatable bonds is 11. The van der Waals surface area contributed by atoms with Gasteiger partial charge in [0.25, 0.3) is 10.1 Å². The van der Waals surface area contributed by atoms with Gasteiger partial charge in [-0.2, -0.15) is 8.42 Å². The molecule has 1 amide bonds. The number of esters is 1. The van der Waals surface area contributed by atoms with Crippen LogP contribution in [0.2, 0.25) is 0 Å². The predicted molar refractivity (Wildman–Crippen MR) is 98.9 cm³/mol. The van der Waals surface area contributed by atoms with Crippen LogP contribution in [-0.2, 0) is 33.9 Å². The first-order valence-corrected chi connectivity index (χ1v) is 10.7. The first kappa shape index (κ1) is 22.8. The van der Waals surface area contributed by atoms with E-state index in [1.54, 1.807) is 26.2 Å². The Hall–Kier alpha value is -1.53. The molecule has 2 aliphatic heterocycles. The number of fused-ring (bicyclic) bond motifs is 2. The number of ether oxygens (including phenoxy) is 3. The number of hydrogen-bond donors (Lipinski definition) is 2. The number of nitrogens with zero attached hydrogens (tertiary/aromatic N) is 1. The Morgan fingerprint density at radius 3 is 2.39 bits per heavy atom. The molecular weight excluding hydrogens is 392 g/mol. The van der Waals surface area contributed by atoms with E-state index in [0.717, 1.165) is 0 Å². The minimum Gasteiger partial charge on any atom is -0.463 e. The van der Waals surface area contributed by atoms with E-state index in [1.807, 2.05) is 0 Å². The maximum atomic E-state index is 12.7. The molecule has 0 aromatic heterocycles. The lowest BCUT2D eigenvalue weighted by atomic mass is 9.82. The lowest BCUT2D eigenvalue weighted by Crippen LogP contribution is -2.50. The third-order valence-corrected chi connectivity index (χ3v) is 5.68. The Bertz CT molecular complexity index is 706. The number of carbonyl (C=O) groups is 2. The third-order valence-electron chi connectivity index (χ3n) is 4.98. The van der Waals surface area contributed by atoms with Crippen LogP contribution in [0.4, 0.5) is 0 Å². The van der Waals surface area contributed by atoms with Gasteiger partial charge in [0, 0.05) is 7.11 Å². The standard InChI is InChI=1S/C17H28N2O8S/c1-19(2,8-11-28(22,23)24)7-6-18-16(20)14-12-4-5-13(27-12)15(14)17(21)26-10-9-25-3/h4-5,12-15H,6-11H2,1-3H3,(H-,18,20,22,23,24)/p+1/t12-,13+,14?,15?/m1/s1. The number of methoxy groups -OCH3 is 1. The fourth-order valence-electron chi connectivity index (χ4n) is 3.30. The molecule has 160 valence electrons. The zero-order valence-corrected chi connectivity index (χ0v) is 17.2. The maximum absolute atomic E-state index is 12.7. The molecule has 0 radical (unpaired) electrons. The quantitative estimate of drug-likeness (QED) is 0.140.